The molecule has 0 saturated carbocycles. The number of aromatic nitrogens is 1. The highest BCUT2D eigenvalue weighted by molar-refractivity contribution is 6.20. The summed E-state index contributed by atoms with van der Waals surface area (Å²) in [5.74, 6) is 0.316. The molecule has 1 aromatic heterocycles. The van der Waals surface area contributed by atoms with Gasteiger partial charge in [-0.1, -0.05) is 18.2 Å². The molecule has 128 valence electrons. The highest BCUT2D eigenvalue weighted by Gasteiger charge is 2.18. The number of hydrazine groups is 1. The first-order valence-corrected chi connectivity index (χ1v) is 8.07. The van der Waals surface area contributed by atoms with Crippen molar-refractivity contribution in [3.8, 4) is 0 Å². The number of para-hydroxylation sites is 1. The van der Waals surface area contributed by atoms with Crippen molar-refractivity contribution in [2.75, 3.05) is 11.3 Å². The van der Waals surface area contributed by atoms with Crippen molar-refractivity contribution >= 4 is 40.2 Å². The molecule has 0 fully saturated rings. The molecule has 1 heterocycles. The predicted octanol–water partition coefficient (Wildman–Crippen LogP) is 3.90. The van der Waals surface area contributed by atoms with Gasteiger partial charge in [-0.3, -0.25) is 10.2 Å². The van der Waals surface area contributed by atoms with Crippen molar-refractivity contribution in [2.45, 2.75) is 32.8 Å². The van der Waals surface area contributed by atoms with Crippen LogP contribution in [-0.4, -0.2) is 28.3 Å². The Balaban J connectivity index is 2.27. The zero-order chi connectivity index (χ0) is 17.7. The standard InChI is InChI=1S/C17H20ClN3O3/c1-17(2,3)24-16(23)21-20-15-12(14(22)8-9-18)10-11-6-4-5-7-13(11)19-15/h4-7,10H,8-9H2,1-3H3,(H,19,20)(H,21,23). The van der Waals surface area contributed by atoms with Crippen LogP contribution in [0.2, 0.25) is 0 Å². The Morgan fingerprint density at radius 2 is 1.96 bits per heavy atom. The molecule has 0 radical (unpaired) electrons. The number of pyridine rings is 1. The maximum Gasteiger partial charge on any atom is 0.426 e. The molecule has 2 rings (SSSR count). The van der Waals surface area contributed by atoms with E-state index >= 15 is 0 Å². The van der Waals surface area contributed by atoms with E-state index in [9.17, 15) is 9.59 Å². The number of halogens is 1. The molecule has 0 saturated heterocycles. The Morgan fingerprint density at radius 3 is 2.62 bits per heavy atom. The Bertz CT molecular complexity index is 756. The van der Waals surface area contributed by atoms with Crippen molar-refractivity contribution in [1.82, 2.24) is 10.4 Å². The maximum atomic E-state index is 12.3. The lowest BCUT2D eigenvalue weighted by Crippen LogP contribution is -2.36. The molecule has 1 amide bonds. The Labute approximate surface area is 145 Å². The second-order valence-electron chi connectivity index (χ2n) is 6.19. The van der Waals surface area contributed by atoms with Crippen LogP contribution in [-0.2, 0) is 4.74 Å². The number of ketones is 1. The second-order valence-corrected chi connectivity index (χ2v) is 6.57. The van der Waals surface area contributed by atoms with Gasteiger partial charge in [0, 0.05) is 17.7 Å². The van der Waals surface area contributed by atoms with E-state index in [2.05, 4.69) is 15.8 Å². The van der Waals surface area contributed by atoms with Crippen molar-refractivity contribution in [3.05, 3.63) is 35.9 Å². The SMILES string of the molecule is CC(C)(C)OC(=O)NNc1nc2ccccc2cc1C(=O)CCCl. The third-order valence-corrected chi connectivity index (χ3v) is 3.22. The number of carbonyl (C=O) groups is 2. The van der Waals surface area contributed by atoms with Crippen molar-refractivity contribution in [3.63, 3.8) is 0 Å². The van der Waals surface area contributed by atoms with Crippen LogP contribution in [0.15, 0.2) is 30.3 Å². The van der Waals surface area contributed by atoms with Gasteiger partial charge in [0.2, 0.25) is 0 Å². The van der Waals surface area contributed by atoms with Crippen molar-refractivity contribution < 1.29 is 14.3 Å². The molecule has 0 aliphatic heterocycles. The highest BCUT2D eigenvalue weighted by Crippen LogP contribution is 2.21. The van der Waals surface area contributed by atoms with E-state index in [0.717, 1.165) is 5.39 Å². The van der Waals surface area contributed by atoms with Crippen molar-refractivity contribution in [1.29, 1.82) is 0 Å². The van der Waals surface area contributed by atoms with Gasteiger partial charge < -0.3 is 4.74 Å². The fourth-order valence-electron chi connectivity index (χ4n) is 2.06. The number of ether oxygens (including phenoxy) is 1. The topological polar surface area (TPSA) is 80.3 Å². The van der Waals surface area contributed by atoms with Gasteiger partial charge in [0.15, 0.2) is 11.6 Å². The molecule has 7 heteroatoms. The first-order valence-electron chi connectivity index (χ1n) is 7.54. The van der Waals surface area contributed by atoms with Gasteiger partial charge in [-0.15, -0.1) is 11.6 Å². The summed E-state index contributed by atoms with van der Waals surface area (Å²) in [6, 6.07) is 9.14. The van der Waals surface area contributed by atoms with Crippen LogP contribution in [0.5, 0.6) is 0 Å². The first kappa shape index (κ1) is 18.0. The number of rotatable bonds is 5. The number of hydrogen-bond acceptors (Lipinski definition) is 5. The highest BCUT2D eigenvalue weighted by atomic mass is 35.5. The van der Waals surface area contributed by atoms with Gasteiger partial charge in [-0.05, 0) is 32.9 Å². The molecule has 2 N–H and O–H groups in total. The summed E-state index contributed by atoms with van der Waals surface area (Å²) in [5, 5.41) is 0.832. The molecule has 6 nitrogen and oxygen atoms in total. The maximum absolute atomic E-state index is 12.3. The van der Waals surface area contributed by atoms with E-state index in [1.807, 2.05) is 24.3 Å². The van der Waals surface area contributed by atoms with Crippen LogP contribution in [0.3, 0.4) is 0 Å². The summed E-state index contributed by atoms with van der Waals surface area (Å²) in [6.45, 7) is 5.28. The van der Waals surface area contributed by atoms with Gasteiger partial charge >= 0.3 is 6.09 Å². The molecule has 24 heavy (non-hydrogen) atoms. The second kappa shape index (κ2) is 7.49. The number of benzene rings is 1. The molecule has 0 aliphatic carbocycles. The number of alkyl halides is 1. The lowest BCUT2D eigenvalue weighted by Gasteiger charge is -2.20. The Kier molecular flexibility index (Phi) is 5.62. The molecule has 0 aliphatic rings. The fourth-order valence-corrected chi connectivity index (χ4v) is 2.23. The summed E-state index contributed by atoms with van der Waals surface area (Å²) in [4.78, 5) is 28.4. The normalized spacial score (nSPS) is 11.2. The molecule has 0 atom stereocenters. The predicted molar refractivity (Wildman–Crippen MR) is 94.4 cm³/mol. The molecule has 1 aromatic carbocycles. The summed E-state index contributed by atoms with van der Waals surface area (Å²) in [5.41, 5.74) is 5.51. The number of amides is 1. The van der Waals surface area contributed by atoms with Gasteiger partial charge in [0.1, 0.15) is 5.60 Å². The summed E-state index contributed by atoms with van der Waals surface area (Å²) >= 11 is 5.67. The van der Waals surface area contributed by atoms with E-state index in [0.29, 0.717) is 11.1 Å². The minimum atomic E-state index is -0.659. The zero-order valence-corrected chi connectivity index (χ0v) is 14.6. The fraction of sp³-hybridized carbons (Fsp3) is 0.353. The van der Waals surface area contributed by atoms with Crippen LogP contribution < -0.4 is 10.9 Å². The summed E-state index contributed by atoms with van der Waals surface area (Å²) < 4.78 is 5.15. The third-order valence-electron chi connectivity index (χ3n) is 3.03. The van der Waals surface area contributed by atoms with Gasteiger partial charge in [0.05, 0.1) is 11.1 Å². The smallest absolute Gasteiger partial charge is 0.426 e. The number of carbonyl (C=O) groups excluding carboxylic acids is 2. The van der Waals surface area contributed by atoms with Crippen LogP contribution >= 0.6 is 11.6 Å². The number of nitrogens with one attached hydrogen (secondary N) is 2. The Morgan fingerprint density at radius 1 is 1.25 bits per heavy atom. The van der Waals surface area contributed by atoms with E-state index in [4.69, 9.17) is 16.3 Å². The van der Waals surface area contributed by atoms with Crippen molar-refractivity contribution in [2.24, 2.45) is 0 Å². The number of nitrogens with zero attached hydrogens (tertiary/aromatic N) is 1. The molecule has 0 spiro atoms. The summed E-state index contributed by atoms with van der Waals surface area (Å²) in [6.07, 6.45) is -0.476. The van der Waals surface area contributed by atoms with E-state index in [-0.39, 0.29) is 23.9 Å². The van der Waals surface area contributed by atoms with E-state index in [1.165, 1.54) is 0 Å². The van der Waals surface area contributed by atoms with Crippen LogP contribution in [0.25, 0.3) is 10.9 Å². The third kappa shape index (κ3) is 4.83. The zero-order valence-electron chi connectivity index (χ0n) is 13.9. The molecular formula is C17H20ClN3O3. The average molecular weight is 350 g/mol. The van der Waals surface area contributed by atoms with Gasteiger partial charge in [0.25, 0.3) is 0 Å². The van der Waals surface area contributed by atoms with Gasteiger partial charge in [-0.2, -0.15) is 0 Å². The minimum Gasteiger partial charge on any atom is -0.443 e. The quantitative estimate of drug-likeness (QED) is 0.486. The lowest BCUT2D eigenvalue weighted by molar-refractivity contribution is 0.0540. The monoisotopic (exact) mass is 349 g/mol. The first-order chi connectivity index (χ1) is 11.3. The van der Waals surface area contributed by atoms with E-state index in [1.54, 1.807) is 26.8 Å². The largest absolute Gasteiger partial charge is 0.443 e. The number of anilines is 1. The van der Waals surface area contributed by atoms with E-state index < -0.39 is 11.7 Å². The summed E-state index contributed by atoms with van der Waals surface area (Å²) in [7, 11) is 0. The van der Waals surface area contributed by atoms with Crippen LogP contribution in [0.1, 0.15) is 37.6 Å². The lowest BCUT2D eigenvalue weighted by atomic mass is 10.1. The number of Topliss-reactive ketones (excluding diaryl/α,β-unsaturated/α-hetero) is 1. The van der Waals surface area contributed by atoms with Gasteiger partial charge in [-0.25, -0.2) is 15.2 Å². The number of hydrogen-bond donors (Lipinski definition) is 2. The van der Waals surface area contributed by atoms with Crippen LogP contribution in [0, 0.1) is 0 Å². The Hall–Kier alpha value is -2.34. The molecule has 2 aromatic rings. The average Bonchev–Trinajstić information content (AvgIpc) is 2.50. The molecular weight excluding hydrogens is 330 g/mol. The van der Waals surface area contributed by atoms with Crippen LogP contribution in [0.4, 0.5) is 10.6 Å². The minimum absolute atomic E-state index is 0.156. The number of fused-ring (bicyclic) bond motifs is 1. The molecule has 0 unspecified atom stereocenters. The molecule has 0 bridgehead atoms.